The van der Waals surface area contributed by atoms with E-state index in [4.69, 9.17) is 19.6 Å². The van der Waals surface area contributed by atoms with Crippen LogP contribution in [0.3, 0.4) is 0 Å². The van der Waals surface area contributed by atoms with Gasteiger partial charge in [0.2, 0.25) is 0 Å². The van der Waals surface area contributed by atoms with Crippen molar-refractivity contribution in [3.8, 4) is 0 Å². The summed E-state index contributed by atoms with van der Waals surface area (Å²) in [6, 6.07) is 0. The van der Waals surface area contributed by atoms with E-state index in [1.165, 1.54) is 0 Å². The Kier molecular flexibility index (Phi) is 16.0. The van der Waals surface area contributed by atoms with Gasteiger partial charge in [-0.2, -0.15) is 0 Å². The molecule has 17 heavy (non-hydrogen) atoms. The Hall–Kier alpha value is 0.806. The fourth-order valence-corrected chi connectivity index (χ4v) is 2.18. The maximum Gasteiger partial charge on any atom is 0.325 e. The van der Waals surface area contributed by atoms with Gasteiger partial charge in [0, 0.05) is 29.1 Å². The molecule has 0 aliphatic carbocycles. The molecular weight excluding hydrogens is 313 g/mol. The van der Waals surface area contributed by atoms with Crippen LogP contribution in [0.25, 0.3) is 0 Å². The van der Waals surface area contributed by atoms with Crippen LogP contribution < -0.4 is 0 Å². The summed E-state index contributed by atoms with van der Waals surface area (Å²) in [6.07, 6.45) is 2.97. The van der Waals surface area contributed by atoms with E-state index in [1.807, 2.05) is 13.8 Å². The topological polar surface area (TPSA) is 115 Å². The van der Waals surface area contributed by atoms with Gasteiger partial charge in [0.05, 0.1) is 0 Å². The van der Waals surface area contributed by atoms with E-state index in [0.29, 0.717) is 12.8 Å². The minimum Gasteiger partial charge on any atom is -0.324 e. The van der Waals surface area contributed by atoms with Gasteiger partial charge >= 0.3 is 15.2 Å². The van der Waals surface area contributed by atoms with Crippen LogP contribution >= 0.6 is 15.2 Å². The molecule has 0 spiro atoms. The molecule has 0 fully saturated rings. The van der Waals surface area contributed by atoms with Gasteiger partial charge in [-0.15, -0.1) is 0 Å². The van der Waals surface area contributed by atoms with Gasteiger partial charge < -0.3 is 19.6 Å². The third-order valence-electron chi connectivity index (χ3n) is 1.61. The first-order valence-corrected chi connectivity index (χ1v) is 8.81. The Bertz CT molecular complexity index is 222. The molecule has 109 valence electrons. The summed E-state index contributed by atoms with van der Waals surface area (Å²) >= 11 is 0. The van der Waals surface area contributed by atoms with Gasteiger partial charge in [-0.05, 0) is 12.8 Å². The standard InChI is InChI=1S/2C4H11O3P.Co/c2*1-2-3-4-8(5,6)7;/h2*2-4H2,1H3,(H2,5,6,7);. The van der Waals surface area contributed by atoms with Gasteiger partial charge in [-0.1, -0.05) is 26.7 Å². The molecule has 0 bridgehead atoms. The summed E-state index contributed by atoms with van der Waals surface area (Å²) in [7, 11) is -7.36. The largest absolute Gasteiger partial charge is 0.325 e. The van der Waals surface area contributed by atoms with Crippen molar-refractivity contribution >= 4 is 15.2 Å². The van der Waals surface area contributed by atoms with Crippen LogP contribution in [0.1, 0.15) is 39.5 Å². The number of unbranched alkanes of at least 4 members (excludes halogenated alkanes) is 2. The summed E-state index contributed by atoms with van der Waals surface area (Å²) < 4.78 is 20.2. The monoisotopic (exact) mass is 335 g/mol. The van der Waals surface area contributed by atoms with Gasteiger partial charge in [-0.3, -0.25) is 9.13 Å². The van der Waals surface area contributed by atoms with E-state index in [1.54, 1.807) is 0 Å². The van der Waals surface area contributed by atoms with Crippen molar-refractivity contribution < 1.29 is 45.5 Å². The number of rotatable bonds is 6. The van der Waals surface area contributed by atoms with E-state index >= 15 is 0 Å². The molecule has 0 atom stereocenters. The zero-order valence-corrected chi connectivity index (χ0v) is 12.9. The van der Waals surface area contributed by atoms with Crippen LogP contribution in [-0.2, 0) is 25.9 Å². The summed E-state index contributed by atoms with van der Waals surface area (Å²) in [6.45, 7) is 3.80. The predicted octanol–water partition coefficient (Wildman–Crippen LogP) is 1.93. The van der Waals surface area contributed by atoms with Crippen LogP contribution in [0.4, 0.5) is 0 Å². The van der Waals surface area contributed by atoms with Crippen molar-refractivity contribution in [1.82, 2.24) is 0 Å². The minimum absolute atomic E-state index is 0. The van der Waals surface area contributed by atoms with Crippen molar-refractivity contribution in [2.75, 3.05) is 12.3 Å². The molecule has 0 aliphatic rings. The molecule has 0 saturated heterocycles. The van der Waals surface area contributed by atoms with E-state index in [2.05, 4.69) is 0 Å². The Morgan fingerprint density at radius 2 is 1.00 bits per heavy atom. The molecule has 9 heteroatoms. The van der Waals surface area contributed by atoms with Crippen molar-refractivity contribution in [2.24, 2.45) is 0 Å². The summed E-state index contributed by atoms with van der Waals surface area (Å²) in [4.78, 5) is 33.0. The molecule has 0 heterocycles. The van der Waals surface area contributed by atoms with Crippen LogP contribution in [0.15, 0.2) is 0 Å². The molecular formula is C8H22CoO6P2. The first kappa shape index (κ1) is 22.9. The second-order valence-electron chi connectivity index (χ2n) is 3.48. The second kappa shape index (κ2) is 11.9. The quantitative estimate of drug-likeness (QED) is 0.551. The Morgan fingerprint density at radius 3 is 1.06 bits per heavy atom. The van der Waals surface area contributed by atoms with Crippen molar-refractivity contribution in [3.05, 3.63) is 0 Å². The van der Waals surface area contributed by atoms with Crippen molar-refractivity contribution in [3.63, 3.8) is 0 Å². The Labute approximate surface area is 113 Å². The summed E-state index contributed by atoms with van der Waals surface area (Å²) in [5, 5.41) is 0. The fourth-order valence-electron chi connectivity index (χ4n) is 0.728. The van der Waals surface area contributed by atoms with Crippen LogP contribution in [0, 0.1) is 0 Å². The number of hydrogen-bond acceptors (Lipinski definition) is 2. The average Bonchev–Trinajstić information content (AvgIpc) is 2.10. The first-order chi connectivity index (χ1) is 7.12. The van der Waals surface area contributed by atoms with E-state index in [-0.39, 0.29) is 29.1 Å². The second-order valence-corrected chi connectivity index (χ2v) is 7.04. The minimum atomic E-state index is -3.68. The average molecular weight is 335 g/mol. The van der Waals surface area contributed by atoms with E-state index in [0.717, 1.165) is 12.8 Å². The first-order valence-electron chi connectivity index (χ1n) is 5.21. The Balaban J connectivity index is -0.000000218. The molecule has 0 aromatic rings. The van der Waals surface area contributed by atoms with Crippen LogP contribution in [0.5, 0.6) is 0 Å². The third-order valence-corrected chi connectivity index (χ3v) is 3.40. The fraction of sp³-hybridized carbons (Fsp3) is 1.00. The molecule has 0 saturated carbocycles. The molecule has 0 aromatic heterocycles. The zero-order valence-electron chi connectivity index (χ0n) is 10.1. The molecule has 0 amide bonds. The molecule has 6 nitrogen and oxygen atoms in total. The van der Waals surface area contributed by atoms with Gasteiger partial charge in [-0.25, -0.2) is 0 Å². The molecule has 0 aromatic carbocycles. The third kappa shape index (κ3) is 31.6. The van der Waals surface area contributed by atoms with E-state index < -0.39 is 15.2 Å². The van der Waals surface area contributed by atoms with Gasteiger partial charge in [0.1, 0.15) is 0 Å². The van der Waals surface area contributed by atoms with E-state index in [9.17, 15) is 9.13 Å². The molecule has 1 radical (unpaired) electrons. The molecule has 0 unspecified atom stereocenters. The summed E-state index contributed by atoms with van der Waals surface area (Å²) in [5.74, 6) is 0. The van der Waals surface area contributed by atoms with Crippen LogP contribution in [-0.4, -0.2) is 31.9 Å². The molecule has 0 rings (SSSR count). The van der Waals surface area contributed by atoms with Crippen LogP contribution in [0.2, 0.25) is 0 Å². The maximum atomic E-state index is 10.1. The van der Waals surface area contributed by atoms with Gasteiger partial charge in [0.25, 0.3) is 0 Å². The molecule has 4 N–H and O–H groups in total. The predicted molar refractivity (Wildman–Crippen MR) is 63.6 cm³/mol. The normalized spacial score (nSPS) is 11.2. The maximum absolute atomic E-state index is 10.1. The number of hydrogen-bond donors (Lipinski definition) is 4. The van der Waals surface area contributed by atoms with Gasteiger partial charge in [0.15, 0.2) is 0 Å². The van der Waals surface area contributed by atoms with Crippen molar-refractivity contribution in [1.29, 1.82) is 0 Å². The SMILES string of the molecule is CCCCP(=O)(O)O.CCCCP(=O)(O)O.[Co]. The smallest absolute Gasteiger partial charge is 0.324 e. The summed E-state index contributed by atoms with van der Waals surface area (Å²) in [5.41, 5.74) is 0. The zero-order chi connectivity index (χ0) is 13.2. The molecule has 0 aliphatic heterocycles. The van der Waals surface area contributed by atoms with Crippen molar-refractivity contribution in [2.45, 2.75) is 39.5 Å². The Morgan fingerprint density at radius 1 is 0.765 bits per heavy atom.